The maximum Gasteiger partial charge on any atom is 0.240 e. The lowest BCUT2D eigenvalue weighted by Crippen LogP contribution is -2.34. The second-order valence-corrected chi connectivity index (χ2v) is 8.38. The zero-order valence-electron chi connectivity index (χ0n) is 15.0. The van der Waals surface area contributed by atoms with Gasteiger partial charge in [-0.3, -0.25) is 0 Å². The Morgan fingerprint density at radius 2 is 1.68 bits per heavy atom. The standard InChI is InChI=1S/C19H25FN2O2S/c1-14(2)15-8-10-18(11-9-15)25(23,24)21-13-19(22(3)4)16-6-5-7-17(20)12-16/h5-12,14,19,21H,13H2,1-4H3. The number of rotatable bonds is 7. The predicted octanol–water partition coefficient (Wildman–Crippen LogP) is 3.53. The zero-order chi connectivity index (χ0) is 18.6. The summed E-state index contributed by atoms with van der Waals surface area (Å²) in [6.45, 7) is 4.27. The first-order chi connectivity index (χ1) is 11.7. The van der Waals surface area contributed by atoms with Crippen LogP contribution in [0.4, 0.5) is 4.39 Å². The minimum atomic E-state index is -3.62. The molecule has 6 heteroatoms. The number of likely N-dealkylation sites (N-methyl/N-ethyl adjacent to an activating group) is 1. The number of nitrogens with one attached hydrogen (secondary N) is 1. The van der Waals surface area contributed by atoms with Gasteiger partial charge in [-0.05, 0) is 55.4 Å². The van der Waals surface area contributed by atoms with Crippen molar-refractivity contribution in [1.29, 1.82) is 0 Å². The molecule has 0 spiro atoms. The Labute approximate surface area is 149 Å². The minimum Gasteiger partial charge on any atom is -0.301 e. The highest BCUT2D eigenvalue weighted by Gasteiger charge is 2.20. The second kappa shape index (κ2) is 8.08. The number of nitrogens with zero attached hydrogens (tertiary/aromatic N) is 1. The molecule has 0 saturated heterocycles. The first-order valence-corrected chi connectivity index (χ1v) is 9.70. The van der Waals surface area contributed by atoms with Gasteiger partial charge >= 0.3 is 0 Å². The van der Waals surface area contributed by atoms with Gasteiger partial charge in [0.15, 0.2) is 0 Å². The van der Waals surface area contributed by atoms with Crippen molar-refractivity contribution in [3.63, 3.8) is 0 Å². The van der Waals surface area contributed by atoms with Crippen LogP contribution >= 0.6 is 0 Å². The van der Waals surface area contributed by atoms with Crippen LogP contribution < -0.4 is 4.72 Å². The molecule has 1 unspecified atom stereocenters. The summed E-state index contributed by atoms with van der Waals surface area (Å²) in [5.41, 5.74) is 1.81. The zero-order valence-corrected chi connectivity index (χ0v) is 15.8. The van der Waals surface area contributed by atoms with E-state index in [0.29, 0.717) is 5.92 Å². The molecule has 2 aromatic carbocycles. The Hall–Kier alpha value is -1.76. The minimum absolute atomic E-state index is 0.157. The van der Waals surface area contributed by atoms with Crippen molar-refractivity contribution in [2.45, 2.75) is 30.7 Å². The summed E-state index contributed by atoms with van der Waals surface area (Å²) in [6.07, 6.45) is 0. The van der Waals surface area contributed by atoms with E-state index in [4.69, 9.17) is 0 Å². The molecule has 1 atom stereocenters. The van der Waals surface area contributed by atoms with Gasteiger partial charge in [-0.1, -0.05) is 38.1 Å². The van der Waals surface area contributed by atoms with Crippen molar-refractivity contribution in [3.8, 4) is 0 Å². The number of halogens is 1. The van der Waals surface area contributed by atoms with Crippen LogP contribution in [0.3, 0.4) is 0 Å². The molecule has 0 fully saturated rings. The Kier molecular flexibility index (Phi) is 6.32. The summed E-state index contributed by atoms with van der Waals surface area (Å²) in [6, 6.07) is 12.8. The quantitative estimate of drug-likeness (QED) is 0.818. The van der Waals surface area contributed by atoms with Gasteiger partial charge in [0.25, 0.3) is 0 Å². The van der Waals surface area contributed by atoms with Crippen LogP contribution in [-0.4, -0.2) is 34.0 Å². The Bertz CT molecular complexity index is 802. The molecule has 0 amide bonds. The highest BCUT2D eigenvalue weighted by atomic mass is 32.2. The van der Waals surface area contributed by atoms with Crippen molar-refractivity contribution >= 4 is 10.0 Å². The van der Waals surface area contributed by atoms with Crippen molar-refractivity contribution < 1.29 is 12.8 Å². The Balaban J connectivity index is 2.16. The molecule has 136 valence electrons. The van der Waals surface area contributed by atoms with Crippen LogP contribution in [0.1, 0.15) is 36.9 Å². The maximum absolute atomic E-state index is 13.5. The van der Waals surface area contributed by atoms with Crippen molar-refractivity contribution in [2.75, 3.05) is 20.6 Å². The predicted molar refractivity (Wildman–Crippen MR) is 98.5 cm³/mol. The fourth-order valence-electron chi connectivity index (χ4n) is 2.62. The molecular formula is C19H25FN2O2S. The van der Waals surface area contributed by atoms with E-state index < -0.39 is 10.0 Å². The largest absolute Gasteiger partial charge is 0.301 e. The molecule has 2 rings (SSSR count). The lowest BCUT2D eigenvalue weighted by Gasteiger charge is -2.25. The highest BCUT2D eigenvalue weighted by molar-refractivity contribution is 7.89. The van der Waals surface area contributed by atoms with E-state index in [2.05, 4.69) is 18.6 Å². The van der Waals surface area contributed by atoms with E-state index in [1.807, 2.05) is 31.1 Å². The van der Waals surface area contributed by atoms with Gasteiger partial charge in [0.1, 0.15) is 5.82 Å². The average molecular weight is 364 g/mol. The van der Waals surface area contributed by atoms with Crippen LogP contribution in [0.25, 0.3) is 0 Å². The van der Waals surface area contributed by atoms with E-state index >= 15 is 0 Å². The number of sulfonamides is 1. The van der Waals surface area contributed by atoms with Gasteiger partial charge in [0.05, 0.1) is 4.90 Å². The average Bonchev–Trinajstić information content (AvgIpc) is 2.54. The molecule has 25 heavy (non-hydrogen) atoms. The molecule has 0 aliphatic rings. The molecule has 0 radical (unpaired) electrons. The molecule has 0 aromatic heterocycles. The van der Waals surface area contributed by atoms with Gasteiger partial charge in [0, 0.05) is 12.6 Å². The van der Waals surface area contributed by atoms with Crippen LogP contribution in [-0.2, 0) is 10.0 Å². The molecule has 1 N–H and O–H groups in total. The van der Waals surface area contributed by atoms with E-state index in [0.717, 1.165) is 11.1 Å². The summed E-state index contributed by atoms with van der Waals surface area (Å²) in [7, 11) is 0.0494. The molecular weight excluding hydrogens is 339 g/mol. The second-order valence-electron chi connectivity index (χ2n) is 6.61. The fraction of sp³-hybridized carbons (Fsp3) is 0.368. The van der Waals surface area contributed by atoms with Gasteiger partial charge in [-0.25, -0.2) is 17.5 Å². The topological polar surface area (TPSA) is 49.4 Å². The van der Waals surface area contributed by atoms with Gasteiger partial charge < -0.3 is 4.90 Å². The van der Waals surface area contributed by atoms with Gasteiger partial charge in [-0.15, -0.1) is 0 Å². The number of hydrogen-bond donors (Lipinski definition) is 1. The van der Waals surface area contributed by atoms with E-state index in [1.165, 1.54) is 12.1 Å². The molecule has 0 heterocycles. The molecule has 4 nitrogen and oxygen atoms in total. The summed E-state index contributed by atoms with van der Waals surface area (Å²) < 4.78 is 41.2. The number of hydrogen-bond acceptors (Lipinski definition) is 3. The Morgan fingerprint density at radius 1 is 1.04 bits per heavy atom. The normalized spacial score (nSPS) is 13.4. The van der Waals surface area contributed by atoms with Crippen molar-refractivity contribution in [3.05, 3.63) is 65.5 Å². The molecule has 0 aliphatic carbocycles. The van der Waals surface area contributed by atoms with E-state index in [1.54, 1.807) is 24.3 Å². The smallest absolute Gasteiger partial charge is 0.240 e. The van der Waals surface area contributed by atoms with Crippen LogP contribution in [0, 0.1) is 5.82 Å². The summed E-state index contributed by atoms with van der Waals surface area (Å²) in [4.78, 5) is 2.09. The first-order valence-electron chi connectivity index (χ1n) is 8.22. The van der Waals surface area contributed by atoms with Gasteiger partial charge in [-0.2, -0.15) is 0 Å². The summed E-state index contributed by atoms with van der Waals surface area (Å²) >= 11 is 0. The lowest BCUT2D eigenvalue weighted by molar-refractivity contribution is 0.299. The summed E-state index contributed by atoms with van der Waals surface area (Å²) in [5.74, 6) is 0.00675. The molecule has 0 aliphatic heterocycles. The molecule has 0 saturated carbocycles. The highest BCUT2D eigenvalue weighted by Crippen LogP contribution is 2.20. The van der Waals surface area contributed by atoms with Crippen LogP contribution in [0.2, 0.25) is 0 Å². The van der Waals surface area contributed by atoms with E-state index in [9.17, 15) is 12.8 Å². The molecule has 2 aromatic rings. The SMILES string of the molecule is CC(C)c1ccc(S(=O)(=O)NCC(c2cccc(F)c2)N(C)C)cc1. The number of benzene rings is 2. The van der Waals surface area contributed by atoms with Crippen molar-refractivity contribution in [1.82, 2.24) is 9.62 Å². The van der Waals surface area contributed by atoms with Gasteiger partial charge in [0.2, 0.25) is 10.0 Å². The van der Waals surface area contributed by atoms with Crippen LogP contribution in [0.15, 0.2) is 53.4 Å². The fourth-order valence-corrected chi connectivity index (χ4v) is 3.65. The third-order valence-corrected chi connectivity index (χ3v) is 5.62. The van der Waals surface area contributed by atoms with E-state index in [-0.39, 0.29) is 23.3 Å². The summed E-state index contributed by atoms with van der Waals surface area (Å²) in [5, 5.41) is 0. The van der Waals surface area contributed by atoms with Crippen LogP contribution in [0.5, 0.6) is 0 Å². The third-order valence-electron chi connectivity index (χ3n) is 4.18. The third kappa shape index (κ3) is 5.11. The Morgan fingerprint density at radius 3 is 2.20 bits per heavy atom. The maximum atomic E-state index is 13.5. The first kappa shape index (κ1) is 19.6. The monoisotopic (exact) mass is 364 g/mol. The molecule has 0 bridgehead atoms. The van der Waals surface area contributed by atoms with Crippen molar-refractivity contribution in [2.24, 2.45) is 0 Å². The lowest BCUT2D eigenvalue weighted by atomic mass is 10.0.